The Morgan fingerprint density at radius 3 is 2.41 bits per heavy atom. The van der Waals surface area contributed by atoms with Crippen molar-refractivity contribution in [3.63, 3.8) is 0 Å². The summed E-state index contributed by atoms with van der Waals surface area (Å²) in [6, 6.07) is 15.2. The third kappa shape index (κ3) is 6.01. The van der Waals surface area contributed by atoms with Gasteiger partial charge in [0.2, 0.25) is 5.91 Å². The number of piperazine rings is 1. The molecule has 1 saturated heterocycles. The molecule has 9 heteroatoms. The zero-order chi connectivity index (χ0) is 20.6. The van der Waals surface area contributed by atoms with E-state index in [1.54, 1.807) is 11.0 Å². The molecule has 9 nitrogen and oxygen atoms in total. The Hall–Kier alpha value is -3.46. The van der Waals surface area contributed by atoms with E-state index in [1.165, 1.54) is 18.2 Å². The average molecular weight is 397 g/mol. The van der Waals surface area contributed by atoms with Gasteiger partial charge in [0.15, 0.2) is 0 Å². The topological polar surface area (TPSA) is 108 Å². The third-order valence-corrected chi connectivity index (χ3v) is 4.67. The van der Waals surface area contributed by atoms with Crippen LogP contribution in [0.25, 0.3) is 0 Å². The van der Waals surface area contributed by atoms with Crippen LogP contribution in [0.2, 0.25) is 0 Å². The molecular formula is C20H23N5O4. The SMILES string of the molecule is O=C(CN1CCN(C(=O)Nc2cccc([N+](=O)[O-])c2)CC1)NCc1ccccc1. The number of benzene rings is 2. The van der Waals surface area contributed by atoms with E-state index in [9.17, 15) is 19.7 Å². The van der Waals surface area contributed by atoms with Gasteiger partial charge in [-0.2, -0.15) is 0 Å². The van der Waals surface area contributed by atoms with E-state index in [2.05, 4.69) is 10.6 Å². The minimum atomic E-state index is -0.503. The Kier molecular flexibility index (Phi) is 6.75. The van der Waals surface area contributed by atoms with Crippen LogP contribution in [-0.2, 0) is 11.3 Å². The van der Waals surface area contributed by atoms with Crippen molar-refractivity contribution in [2.75, 3.05) is 38.0 Å². The molecule has 2 aromatic rings. The first kappa shape index (κ1) is 20.3. The van der Waals surface area contributed by atoms with Crippen LogP contribution < -0.4 is 10.6 Å². The smallest absolute Gasteiger partial charge is 0.321 e. The van der Waals surface area contributed by atoms with Crippen molar-refractivity contribution >= 4 is 23.3 Å². The van der Waals surface area contributed by atoms with Gasteiger partial charge < -0.3 is 15.5 Å². The second-order valence-electron chi connectivity index (χ2n) is 6.76. The zero-order valence-electron chi connectivity index (χ0n) is 15.9. The Labute approximate surface area is 168 Å². The van der Waals surface area contributed by atoms with Gasteiger partial charge in [0.05, 0.1) is 11.5 Å². The lowest BCUT2D eigenvalue weighted by Gasteiger charge is -2.34. The third-order valence-electron chi connectivity index (χ3n) is 4.67. The molecule has 3 rings (SSSR count). The van der Waals surface area contributed by atoms with Gasteiger partial charge in [-0.1, -0.05) is 36.4 Å². The quantitative estimate of drug-likeness (QED) is 0.573. The highest BCUT2D eigenvalue weighted by molar-refractivity contribution is 5.89. The number of non-ortho nitro benzene ring substituents is 1. The second kappa shape index (κ2) is 9.65. The Bertz CT molecular complexity index is 866. The number of nitro groups is 1. The van der Waals surface area contributed by atoms with Crippen molar-refractivity contribution in [3.8, 4) is 0 Å². The fraction of sp³-hybridized carbons (Fsp3) is 0.300. The number of nitrogens with zero attached hydrogens (tertiary/aromatic N) is 3. The highest BCUT2D eigenvalue weighted by Crippen LogP contribution is 2.17. The van der Waals surface area contributed by atoms with E-state index in [-0.39, 0.29) is 24.2 Å². The standard InChI is InChI=1S/C20H23N5O4/c26-19(21-14-16-5-2-1-3-6-16)15-23-9-11-24(12-10-23)20(27)22-17-7-4-8-18(13-17)25(28)29/h1-8,13H,9-12,14-15H2,(H,21,26)(H,22,27). The van der Waals surface area contributed by atoms with Gasteiger partial charge in [0.25, 0.3) is 5.69 Å². The fourth-order valence-corrected chi connectivity index (χ4v) is 3.06. The van der Waals surface area contributed by atoms with Crippen molar-refractivity contribution < 1.29 is 14.5 Å². The monoisotopic (exact) mass is 397 g/mol. The van der Waals surface area contributed by atoms with E-state index in [1.807, 2.05) is 35.2 Å². The summed E-state index contributed by atoms with van der Waals surface area (Å²) in [6.45, 7) is 2.90. The van der Waals surface area contributed by atoms with Crippen molar-refractivity contribution in [1.29, 1.82) is 0 Å². The van der Waals surface area contributed by atoms with Crippen molar-refractivity contribution in [3.05, 3.63) is 70.3 Å². The van der Waals surface area contributed by atoms with Gasteiger partial charge in [-0.15, -0.1) is 0 Å². The molecule has 3 amide bonds. The summed E-state index contributed by atoms with van der Waals surface area (Å²) >= 11 is 0. The Balaban J connectivity index is 1.41. The van der Waals surface area contributed by atoms with E-state index in [4.69, 9.17) is 0 Å². The summed E-state index contributed by atoms with van der Waals surface area (Å²) < 4.78 is 0. The van der Waals surface area contributed by atoms with Gasteiger partial charge in [-0.3, -0.25) is 19.8 Å². The van der Waals surface area contributed by atoms with E-state index >= 15 is 0 Å². The summed E-state index contributed by atoms with van der Waals surface area (Å²) in [6.07, 6.45) is 0. The van der Waals surface area contributed by atoms with Crippen LogP contribution in [0.3, 0.4) is 0 Å². The minimum absolute atomic E-state index is 0.0525. The van der Waals surface area contributed by atoms with Crippen molar-refractivity contribution in [2.45, 2.75) is 6.54 Å². The molecule has 0 radical (unpaired) electrons. The number of hydrogen-bond donors (Lipinski definition) is 2. The lowest BCUT2D eigenvalue weighted by atomic mass is 10.2. The molecule has 0 aromatic heterocycles. The van der Waals surface area contributed by atoms with Crippen molar-refractivity contribution in [1.82, 2.24) is 15.1 Å². The number of rotatable bonds is 6. The molecule has 0 saturated carbocycles. The van der Waals surface area contributed by atoms with Gasteiger partial charge >= 0.3 is 6.03 Å². The molecular weight excluding hydrogens is 374 g/mol. The summed E-state index contributed by atoms with van der Waals surface area (Å²) in [5.74, 6) is -0.0525. The maximum Gasteiger partial charge on any atom is 0.321 e. The molecule has 0 atom stereocenters. The number of carbonyl (C=O) groups excluding carboxylic acids is 2. The average Bonchev–Trinajstić information content (AvgIpc) is 2.73. The zero-order valence-corrected chi connectivity index (χ0v) is 15.9. The van der Waals surface area contributed by atoms with Gasteiger partial charge in [0, 0.05) is 50.5 Å². The number of urea groups is 1. The molecule has 0 bridgehead atoms. The predicted molar refractivity (Wildman–Crippen MR) is 108 cm³/mol. The highest BCUT2D eigenvalue weighted by atomic mass is 16.6. The number of nitro benzene ring substituents is 1. The number of nitrogens with one attached hydrogen (secondary N) is 2. The number of hydrogen-bond acceptors (Lipinski definition) is 5. The highest BCUT2D eigenvalue weighted by Gasteiger charge is 2.22. The van der Waals surface area contributed by atoms with Crippen molar-refractivity contribution in [2.24, 2.45) is 0 Å². The minimum Gasteiger partial charge on any atom is -0.351 e. The molecule has 0 aliphatic carbocycles. The first-order chi connectivity index (χ1) is 14.0. The largest absolute Gasteiger partial charge is 0.351 e. The second-order valence-corrected chi connectivity index (χ2v) is 6.76. The molecule has 1 fully saturated rings. The molecule has 2 aromatic carbocycles. The molecule has 0 unspecified atom stereocenters. The fourth-order valence-electron chi connectivity index (χ4n) is 3.06. The van der Waals surface area contributed by atoms with Crippen LogP contribution in [0.5, 0.6) is 0 Å². The van der Waals surface area contributed by atoms with Gasteiger partial charge in [0.1, 0.15) is 0 Å². The van der Waals surface area contributed by atoms with Crippen LogP contribution >= 0.6 is 0 Å². The van der Waals surface area contributed by atoms with Crippen LogP contribution in [0.4, 0.5) is 16.2 Å². The number of amides is 3. The van der Waals surface area contributed by atoms with E-state index < -0.39 is 4.92 Å². The summed E-state index contributed by atoms with van der Waals surface area (Å²) in [5, 5.41) is 16.4. The Morgan fingerprint density at radius 1 is 1.00 bits per heavy atom. The predicted octanol–water partition coefficient (Wildman–Crippen LogP) is 2.06. The van der Waals surface area contributed by atoms with Gasteiger partial charge in [-0.05, 0) is 11.6 Å². The summed E-state index contributed by atoms with van der Waals surface area (Å²) in [7, 11) is 0. The Morgan fingerprint density at radius 2 is 1.72 bits per heavy atom. The van der Waals surface area contributed by atoms with E-state index in [0.29, 0.717) is 38.4 Å². The molecule has 1 aliphatic heterocycles. The normalized spacial score (nSPS) is 14.3. The maximum atomic E-state index is 12.4. The molecule has 0 spiro atoms. The molecule has 29 heavy (non-hydrogen) atoms. The number of carbonyl (C=O) groups is 2. The molecule has 1 heterocycles. The van der Waals surface area contributed by atoms with Crippen LogP contribution in [0.15, 0.2) is 54.6 Å². The maximum absolute atomic E-state index is 12.4. The lowest BCUT2D eigenvalue weighted by molar-refractivity contribution is -0.384. The molecule has 152 valence electrons. The first-order valence-corrected chi connectivity index (χ1v) is 9.34. The van der Waals surface area contributed by atoms with Crippen LogP contribution in [0, 0.1) is 10.1 Å². The molecule has 2 N–H and O–H groups in total. The van der Waals surface area contributed by atoms with E-state index in [0.717, 1.165) is 5.56 Å². The first-order valence-electron chi connectivity index (χ1n) is 9.34. The lowest BCUT2D eigenvalue weighted by Crippen LogP contribution is -2.52. The molecule has 1 aliphatic rings. The summed E-state index contributed by atoms with van der Waals surface area (Å²) in [5.41, 5.74) is 1.35. The van der Waals surface area contributed by atoms with Crippen LogP contribution in [0.1, 0.15) is 5.56 Å². The van der Waals surface area contributed by atoms with Crippen LogP contribution in [-0.4, -0.2) is 59.4 Å². The number of anilines is 1. The summed E-state index contributed by atoms with van der Waals surface area (Å²) in [4.78, 5) is 38.5. The van der Waals surface area contributed by atoms with Gasteiger partial charge in [-0.25, -0.2) is 4.79 Å².